The number of amides is 1. The molecule has 1 aliphatic heterocycles. The van der Waals surface area contributed by atoms with Gasteiger partial charge in [-0.25, -0.2) is 0 Å². The fourth-order valence-electron chi connectivity index (χ4n) is 4.44. The first-order chi connectivity index (χ1) is 15.1. The first-order valence-electron chi connectivity index (χ1n) is 11.6. The Morgan fingerprint density at radius 1 is 1.29 bits per heavy atom. The fraction of sp³-hybridized carbons (Fsp3) is 0.560. The van der Waals surface area contributed by atoms with Crippen molar-refractivity contribution in [1.82, 2.24) is 9.80 Å². The molecule has 0 spiro atoms. The number of nitrogens with zero attached hydrogens (tertiary/aromatic N) is 2. The first-order valence-corrected chi connectivity index (χ1v) is 12.5. The van der Waals surface area contributed by atoms with Crippen molar-refractivity contribution >= 4 is 17.2 Å². The third-order valence-corrected chi connectivity index (χ3v) is 7.23. The maximum absolute atomic E-state index is 13.5. The Bertz CT molecular complexity index is 836. The largest absolute Gasteiger partial charge is 0.491 e. The van der Waals surface area contributed by atoms with Crippen LogP contribution in [0.25, 0.3) is 0 Å². The van der Waals surface area contributed by atoms with Gasteiger partial charge in [0.2, 0.25) is 5.91 Å². The Labute approximate surface area is 189 Å². The second-order valence-electron chi connectivity index (χ2n) is 8.86. The van der Waals surface area contributed by atoms with Gasteiger partial charge >= 0.3 is 0 Å². The van der Waals surface area contributed by atoms with E-state index in [0.29, 0.717) is 25.6 Å². The highest BCUT2D eigenvalue weighted by molar-refractivity contribution is 7.10. The minimum absolute atomic E-state index is 0.0638. The Morgan fingerprint density at radius 3 is 2.84 bits per heavy atom. The molecular formula is C25H34N2O3S. The SMILES string of the molecule is CCC[C@@H](O)CN(CC(=O)N1CCc2sccc2[C@H]1COc1ccccc1)CC1CC1. The van der Waals surface area contributed by atoms with E-state index in [2.05, 4.69) is 23.3 Å². The van der Waals surface area contributed by atoms with Crippen molar-refractivity contribution < 1.29 is 14.6 Å². The predicted molar refractivity (Wildman–Crippen MR) is 124 cm³/mol. The zero-order valence-corrected chi connectivity index (χ0v) is 19.2. The van der Waals surface area contributed by atoms with Crippen molar-refractivity contribution in [3.63, 3.8) is 0 Å². The Balaban J connectivity index is 1.44. The average molecular weight is 443 g/mol. The van der Waals surface area contributed by atoms with Gasteiger partial charge in [0.15, 0.2) is 0 Å². The van der Waals surface area contributed by atoms with Gasteiger partial charge in [-0.05, 0) is 60.7 Å². The molecule has 2 aliphatic rings. The number of aliphatic hydroxyl groups is 1. The van der Waals surface area contributed by atoms with Crippen LogP contribution in [0.3, 0.4) is 0 Å². The molecule has 6 heteroatoms. The predicted octanol–water partition coefficient (Wildman–Crippen LogP) is 4.13. The van der Waals surface area contributed by atoms with Gasteiger partial charge in [0.05, 0.1) is 18.7 Å². The summed E-state index contributed by atoms with van der Waals surface area (Å²) < 4.78 is 6.09. The van der Waals surface area contributed by atoms with E-state index < -0.39 is 0 Å². The number of aliphatic hydroxyl groups excluding tert-OH is 1. The van der Waals surface area contributed by atoms with Gasteiger partial charge in [0.25, 0.3) is 0 Å². The summed E-state index contributed by atoms with van der Waals surface area (Å²) in [6.07, 6.45) is 4.76. The van der Waals surface area contributed by atoms with E-state index in [9.17, 15) is 9.90 Å². The Kier molecular flexibility index (Phi) is 7.64. The van der Waals surface area contributed by atoms with Crippen molar-refractivity contribution in [3.05, 3.63) is 52.2 Å². The molecule has 31 heavy (non-hydrogen) atoms. The number of ether oxygens (including phenoxy) is 1. The van der Waals surface area contributed by atoms with Crippen LogP contribution in [0.15, 0.2) is 41.8 Å². The topological polar surface area (TPSA) is 53.0 Å². The normalized spacial score (nSPS) is 19.3. The highest BCUT2D eigenvalue weighted by Crippen LogP contribution is 2.34. The molecule has 0 saturated heterocycles. The summed E-state index contributed by atoms with van der Waals surface area (Å²) in [5.74, 6) is 1.65. The van der Waals surface area contributed by atoms with Crippen LogP contribution in [0.5, 0.6) is 5.75 Å². The van der Waals surface area contributed by atoms with E-state index >= 15 is 0 Å². The summed E-state index contributed by atoms with van der Waals surface area (Å²) >= 11 is 1.77. The molecule has 2 heterocycles. The highest BCUT2D eigenvalue weighted by Gasteiger charge is 2.34. The Hall–Kier alpha value is -1.89. The molecule has 2 aromatic rings. The van der Waals surface area contributed by atoms with Crippen LogP contribution in [0, 0.1) is 5.92 Å². The molecule has 1 aromatic heterocycles. The molecule has 1 saturated carbocycles. The lowest BCUT2D eigenvalue weighted by atomic mass is 10.0. The van der Waals surface area contributed by atoms with Gasteiger partial charge < -0.3 is 14.7 Å². The third kappa shape index (κ3) is 6.09. The van der Waals surface area contributed by atoms with Crippen LogP contribution >= 0.6 is 11.3 Å². The molecule has 0 bridgehead atoms. The van der Waals surface area contributed by atoms with E-state index in [1.54, 1.807) is 11.3 Å². The molecular weight excluding hydrogens is 408 g/mol. The maximum Gasteiger partial charge on any atom is 0.237 e. The van der Waals surface area contributed by atoms with Crippen LogP contribution in [-0.2, 0) is 11.2 Å². The van der Waals surface area contributed by atoms with Gasteiger partial charge in [0, 0.05) is 24.5 Å². The quantitative estimate of drug-likeness (QED) is 0.569. The van der Waals surface area contributed by atoms with E-state index in [1.807, 2.05) is 35.2 Å². The summed E-state index contributed by atoms with van der Waals surface area (Å²) in [6.45, 7) is 5.14. The number of carbonyl (C=O) groups excluding carboxylic acids is 1. The molecule has 1 fully saturated rings. The van der Waals surface area contributed by atoms with E-state index in [1.165, 1.54) is 23.3 Å². The number of fused-ring (bicyclic) bond motifs is 1. The summed E-state index contributed by atoms with van der Waals surface area (Å²) in [7, 11) is 0. The molecule has 1 N–H and O–H groups in total. The van der Waals surface area contributed by atoms with Crippen molar-refractivity contribution in [2.75, 3.05) is 32.8 Å². The standard InChI is InChI=1S/C25H34N2O3S/c1-2-6-20(28)16-26(15-19-9-10-19)17-25(29)27-13-11-24-22(12-14-31-24)23(27)18-30-21-7-4-3-5-8-21/h3-5,7-8,12,14,19-20,23,28H,2,6,9-11,13,15-18H2,1H3/t20-,23-/m1/s1. The maximum atomic E-state index is 13.5. The van der Waals surface area contributed by atoms with Crippen molar-refractivity contribution in [1.29, 1.82) is 0 Å². The van der Waals surface area contributed by atoms with Crippen molar-refractivity contribution in [3.8, 4) is 5.75 Å². The zero-order valence-electron chi connectivity index (χ0n) is 18.4. The summed E-state index contributed by atoms with van der Waals surface area (Å²) in [5, 5.41) is 12.5. The number of hydrogen-bond donors (Lipinski definition) is 1. The number of benzene rings is 1. The summed E-state index contributed by atoms with van der Waals surface area (Å²) in [4.78, 5) is 19.0. The molecule has 168 valence electrons. The van der Waals surface area contributed by atoms with Crippen molar-refractivity contribution in [2.45, 2.75) is 51.2 Å². The van der Waals surface area contributed by atoms with Gasteiger partial charge in [-0.3, -0.25) is 9.69 Å². The number of hydrogen-bond acceptors (Lipinski definition) is 5. The smallest absolute Gasteiger partial charge is 0.237 e. The summed E-state index contributed by atoms with van der Waals surface area (Å²) in [6, 6.07) is 11.9. The third-order valence-electron chi connectivity index (χ3n) is 6.23. The van der Waals surface area contributed by atoms with Crippen LogP contribution in [0.1, 0.15) is 49.1 Å². The molecule has 1 amide bonds. The van der Waals surface area contributed by atoms with Gasteiger partial charge in [-0.2, -0.15) is 0 Å². The monoisotopic (exact) mass is 442 g/mol. The van der Waals surface area contributed by atoms with E-state index in [4.69, 9.17) is 4.74 Å². The first kappa shape index (κ1) is 22.3. The summed E-state index contributed by atoms with van der Waals surface area (Å²) in [5.41, 5.74) is 1.22. The molecule has 5 nitrogen and oxygen atoms in total. The zero-order chi connectivity index (χ0) is 21.6. The average Bonchev–Trinajstić information content (AvgIpc) is 3.44. The molecule has 1 aliphatic carbocycles. The Morgan fingerprint density at radius 2 is 2.10 bits per heavy atom. The van der Waals surface area contributed by atoms with Crippen molar-refractivity contribution in [2.24, 2.45) is 5.92 Å². The second-order valence-corrected chi connectivity index (χ2v) is 9.86. The number of rotatable bonds is 11. The van der Waals surface area contributed by atoms with E-state index in [0.717, 1.165) is 38.1 Å². The van der Waals surface area contributed by atoms with Gasteiger partial charge in [0.1, 0.15) is 12.4 Å². The van der Waals surface area contributed by atoms with Crippen LogP contribution in [0.2, 0.25) is 0 Å². The molecule has 1 aromatic carbocycles. The second kappa shape index (κ2) is 10.6. The molecule has 0 radical (unpaired) electrons. The lowest BCUT2D eigenvalue weighted by molar-refractivity contribution is -0.136. The fourth-order valence-corrected chi connectivity index (χ4v) is 5.37. The number of para-hydroxylation sites is 1. The van der Waals surface area contributed by atoms with Gasteiger partial charge in [-0.1, -0.05) is 31.5 Å². The lowest BCUT2D eigenvalue weighted by Crippen LogP contribution is -2.48. The number of carbonyl (C=O) groups is 1. The van der Waals surface area contributed by atoms with Gasteiger partial charge in [-0.15, -0.1) is 11.3 Å². The van der Waals surface area contributed by atoms with Crippen LogP contribution < -0.4 is 4.74 Å². The lowest BCUT2D eigenvalue weighted by Gasteiger charge is -2.37. The highest BCUT2D eigenvalue weighted by atomic mass is 32.1. The molecule has 2 atom stereocenters. The minimum atomic E-state index is -0.362. The molecule has 4 rings (SSSR count). The minimum Gasteiger partial charge on any atom is -0.491 e. The van der Waals surface area contributed by atoms with E-state index in [-0.39, 0.29) is 18.1 Å². The van der Waals surface area contributed by atoms with Crippen LogP contribution in [0.4, 0.5) is 0 Å². The number of thiophene rings is 1. The van der Waals surface area contributed by atoms with Crippen LogP contribution in [-0.4, -0.2) is 59.7 Å². The molecule has 0 unspecified atom stereocenters.